The Morgan fingerprint density at radius 2 is 2.05 bits per heavy atom. The Kier molecular flexibility index (Phi) is 6.26. The van der Waals surface area contributed by atoms with Gasteiger partial charge in [0.1, 0.15) is 0 Å². The van der Waals surface area contributed by atoms with Gasteiger partial charge < -0.3 is 12.5 Å². The number of aromatic nitrogens is 1. The van der Waals surface area contributed by atoms with Crippen LogP contribution >= 0.6 is 11.3 Å². The SMILES string of the molecule is CC(C(=O)O)c1csc(=Nc2ccccc2)n1C.[Ca+2].[H-].[H-]. The zero-order chi connectivity index (χ0) is 13.1. The van der Waals surface area contributed by atoms with E-state index in [2.05, 4.69) is 4.99 Å². The van der Waals surface area contributed by atoms with Gasteiger partial charge in [-0.3, -0.25) is 4.79 Å². The molecule has 1 aromatic carbocycles. The Hall–Kier alpha value is -0.620. The monoisotopic (exact) mass is 304 g/mol. The maximum atomic E-state index is 11.0. The molecule has 4 nitrogen and oxygen atoms in total. The van der Waals surface area contributed by atoms with Gasteiger partial charge in [0.2, 0.25) is 0 Å². The number of carbonyl (C=O) groups is 1. The Labute approximate surface area is 148 Å². The van der Waals surface area contributed by atoms with Crippen LogP contribution in [0.3, 0.4) is 0 Å². The fourth-order valence-corrected chi connectivity index (χ4v) is 2.63. The van der Waals surface area contributed by atoms with Crippen molar-refractivity contribution in [2.45, 2.75) is 12.8 Å². The molecule has 98 valence electrons. The van der Waals surface area contributed by atoms with E-state index in [9.17, 15) is 4.79 Å². The number of rotatable bonds is 3. The molecule has 0 radical (unpaired) electrons. The van der Waals surface area contributed by atoms with Crippen LogP contribution in [0.4, 0.5) is 5.69 Å². The minimum atomic E-state index is -0.824. The van der Waals surface area contributed by atoms with Crippen LogP contribution in [0.1, 0.15) is 21.4 Å². The first-order valence-corrected chi connectivity index (χ1v) is 6.44. The van der Waals surface area contributed by atoms with Gasteiger partial charge in [-0.05, 0) is 19.1 Å². The van der Waals surface area contributed by atoms with Crippen LogP contribution in [0.2, 0.25) is 0 Å². The quantitative estimate of drug-likeness (QED) is 0.885. The van der Waals surface area contributed by atoms with E-state index < -0.39 is 11.9 Å². The number of hydrogen-bond donors (Lipinski definition) is 1. The number of thiazole rings is 1. The number of para-hydroxylation sites is 1. The molecule has 19 heavy (non-hydrogen) atoms. The Morgan fingerprint density at radius 1 is 1.42 bits per heavy atom. The topological polar surface area (TPSA) is 54.6 Å². The first kappa shape index (κ1) is 16.4. The number of hydrogen-bond acceptors (Lipinski definition) is 3. The largest absolute Gasteiger partial charge is 2.00 e. The molecule has 1 N–H and O–H groups in total. The summed E-state index contributed by atoms with van der Waals surface area (Å²) in [5.41, 5.74) is 1.63. The van der Waals surface area contributed by atoms with Gasteiger partial charge >= 0.3 is 43.7 Å². The first-order chi connectivity index (χ1) is 8.59. The molecule has 1 unspecified atom stereocenters. The fourth-order valence-electron chi connectivity index (χ4n) is 1.61. The predicted molar refractivity (Wildman–Crippen MR) is 79.0 cm³/mol. The summed E-state index contributed by atoms with van der Waals surface area (Å²) < 4.78 is 1.83. The summed E-state index contributed by atoms with van der Waals surface area (Å²) in [6.07, 6.45) is 0. The van der Waals surface area contributed by atoms with Gasteiger partial charge in [0.25, 0.3) is 0 Å². The van der Waals surface area contributed by atoms with Crippen LogP contribution < -0.4 is 4.80 Å². The molecule has 1 atom stereocenters. The molecule has 1 heterocycles. The molecular weight excluding hydrogens is 288 g/mol. The van der Waals surface area contributed by atoms with Crippen molar-refractivity contribution in [1.29, 1.82) is 0 Å². The maximum Gasteiger partial charge on any atom is 2.00 e. The summed E-state index contributed by atoms with van der Waals surface area (Å²) in [5, 5.41) is 10.9. The maximum absolute atomic E-state index is 11.0. The van der Waals surface area contributed by atoms with Crippen molar-refractivity contribution in [1.82, 2.24) is 4.57 Å². The van der Waals surface area contributed by atoms with Gasteiger partial charge in [-0.1, -0.05) is 18.2 Å². The standard InChI is InChI=1S/C13H14N2O2S.Ca.2H/c1-9(12(16)17)11-8-18-13(15(11)2)14-10-6-4-3-5-7-10;;;/h3-9H,1-2H3,(H,16,17);;;/q;+2;2*-1. The summed E-state index contributed by atoms with van der Waals surface area (Å²) in [7, 11) is 1.84. The van der Waals surface area contributed by atoms with E-state index >= 15 is 0 Å². The molecule has 0 spiro atoms. The predicted octanol–water partition coefficient (Wildman–Crippen LogP) is 2.35. The molecule has 0 fully saturated rings. The Morgan fingerprint density at radius 3 is 2.63 bits per heavy atom. The second-order valence-electron chi connectivity index (χ2n) is 4.01. The van der Waals surface area contributed by atoms with Crippen molar-refractivity contribution < 1.29 is 12.8 Å². The van der Waals surface area contributed by atoms with Crippen LogP contribution in [-0.4, -0.2) is 53.4 Å². The van der Waals surface area contributed by atoms with Gasteiger partial charge in [-0.25, -0.2) is 4.99 Å². The third kappa shape index (κ3) is 3.92. The second kappa shape index (κ2) is 7.24. The average Bonchev–Trinajstić information content (AvgIpc) is 2.71. The molecule has 6 heteroatoms. The summed E-state index contributed by atoms with van der Waals surface area (Å²) in [6, 6.07) is 9.62. The zero-order valence-electron chi connectivity index (χ0n) is 12.9. The number of benzene rings is 1. The average molecular weight is 304 g/mol. The van der Waals surface area contributed by atoms with E-state index in [-0.39, 0.29) is 40.6 Å². The second-order valence-corrected chi connectivity index (χ2v) is 4.85. The molecule has 0 aliphatic carbocycles. The molecule has 0 bridgehead atoms. The van der Waals surface area contributed by atoms with Gasteiger partial charge in [0.15, 0.2) is 4.80 Å². The van der Waals surface area contributed by atoms with Crippen molar-refractivity contribution in [2.24, 2.45) is 12.0 Å². The summed E-state index contributed by atoms with van der Waals surface area (Å²) in [6.45, 7) is 1.68. The van der Waals surface area contributed by atoms with Gasteiger partial charge in [-0.15, -0.1) is 11.3 Å². The first-order valence-electron chi connectivity index (χ1n) is 5.56. The van der Waals surface area contributed by atoms with Crippen LogP contribution in [0.15, 0.2) is 40.7 Å². The summed E-state index contributed by atoms with van der Waals surface area (Å²) >= 11 is 1.45. The molecule has 2 aromatic rings. The van der Waals surface area contributed by atoms with E-state index in [0.717, 1.165) is 16.2 Å². The van der Waals surface area contributed by atoms with E-state index in [1.807, 2.05) is 47.3 Å². The van der Waals surface area contributed by atoms with E-state index in [1.165, 1.54) is 11.3 Å². The third-order valence-electron chi connectivity index (χ3n) is 2.75. The van der Waals surface area contributed by atoms with Crippen molar-refractivity contribution in [3.8, 4) is 0 Å². The number of carboxylic acids is 1. The fraction of sp³-hybridized carbons (Fsp3) is 0.231. The molecule has 2 rings (SSSR count). The minimum Gasteiger partial charge on any atom is -1.00 e. The van der Waals surface area contributed by atoms with Gasteiger partial charge in [-0.2, -0.15) is 0 Å². The normalized spacial score (nSPS) is 12.8. The van der Waals surface area contributed by atoms with Gasteiger partial charge in [0, 0.05) is 18.1 Å². The van der Waals surface area contributed by atoms with Gasteiger partial charge in [0.05, 0.1) is 11.6 Å². The van der Waals surface area contributed by atoms with Crippen LogP contribution in [0.5, 0.6) is 0 Å². The van der Waals surface area contributed by atoms with E-state index in [0.29, 0.717) is 0 Å². The summed E-state index contributed by atoms with van der Waals surface area (Å²) in [4.78, 5) is 16.3. The minimum absolute atomic E-state index is 0. The third-order valence-corrected chi connectivity index (χ3v) is 3.69. The molecule has 0 aliphatic heterocycles. The van der Waals surface area contributed by atoms with Crippen molar-refractivity contribution in [3.63, 3.8) is 0 Å². The molecule has 0 aliphatic rings. The van der Waals surface area contributed by atoms with Crippen molar-refractivity contribution in [2.75, 3.05) is 0 Å². The molecule has 0 amide bonds. The molecule has 0 saturated heterocycles. The smallest absolute Gasteiger partial charge is 1.00 e. The van der Waals surface area contributed by atoms with Crippen LogP contribution in [-0.2, 0) is 11.8 Å². The molecule has 1 aromatic heterocycles. The van der Waals surface area contributed by atoms with Crippen molar-refractivity contribution >= 4 is 60.7 Å². The van der Waals surface area contributed by atoms with Crippen LogP contribution in [0, 0.1) is 0 Å². The number of carboxylic acid groups (broad SMARTS) is 1. The number of aliphatic carboxylic acids is 1. The zero-order valence-corrected chi connectivity index (χ0v) is 13.9. The van der Waals surface area contributed by atoms with E-state index in [1.54, 1.807) is 6.92 Å². The number of nitrogens with zero attached hydrogens (tertiary/aromatic N) is 2. The molecule has 0 saturated carbocycles. The van der Waals surface area contributed by atoms with Crippen LogP contribution in [0.25, 0.3) is 0 Å². The Balaban J connectivity index is 0. The van der Waals surface area contributed by atoms with Crippen molar-refractivity contribution in [3.05, 3.63) is 46.2 Å². The summed E-state index contributed by atoms with van der Waals surface area (Å²) in [5.74, 6) is -1.35. The van der Waals surface area contributed by atoms with E-state index in [4.69, 9.17) is 5.11 Å². The molecular formula is C13H16CaN2O2S. The Bertz CT molecular complexity index is 629.